The summed E-state index contributed by atoms with van der Waals surface area (Å²) < 4.78 is 0.772. The molecule has 1 saturated heterocycles. The van der Waals surface area contributed by atoms with E-state index in [4.69, 9.17) is 22.4 Å². The summed E-state index contributed by atoms with van der Waals surface area (Å²) in [7, 11) is 0. The molecule has 3 heterocycles. The Morgan fingerprint density at radius 2 is 1.94 bits per heavy atom. The zero-order valence-electron chi connectivity index (χ0n) is 17.7. The molecule has 1 atom stereocenters. The standard InChI is InChI=1S/C22H24BrClN6O3/c23-15-10-26-21-19(17(11-27-21)28-18(32)12-31)20(15)29-5-7-30(8-6-29)22(33)16(25)9-13-1-3-14(24)4-2-13/h1-4,10-11,16,31H,5-9,12,25H2,(H,26,27)(H,28,32). The zero-order chi connectivity index (χ0) is 23.5. The average molecular weight is 536 g/mol. The van der Waals surface area contributed by atoms with Crippen molar-refractivity contribution in [1.82, 2.24) is 14.9 Å². The van der Waals surface area contributed by atoms with E-state index in [1.807, 2.05) is 12.1 Å². The molecule has 33 heavy (non-hydrogen) atoms. The van der Waals surface area contributed by atoms with Gasteiger partial charge in [-0.05, 0) is 40.0 Å². The molecule has 1 fully saturated rings. The number of nitrogens with two attached hydrogens (primary N) is 1. The number of aliphatic hydroxyl groups is 1. The molecule has 0 saturated carbocycles. The van der Waals surface area contributed by atoms with Gasteiger partial charge in [0.2, 0.25) is 11.8 Å². The van der Waals surface area contributed by atoms with E-state index in [0.29, 0.717) is 49.0 Å². The molecule has 1 aliphatic rings. The van der Waals surface area contributed by atoms with Gasteiger partial charge in [0.15, 0.2) is 0 Å². The number of piperazine rings is 1. The van der Waals surface area contributed by atoms with Crippen LogP contribution in [-0.2, 0) is 16.0 Å². The average Bonchev–Trinajstić information content (AvgIpc) is 3.22. The van der Waals surface area contributed by atoms with Crippen molar-refractivity contribution in [2.45, 2.75) is 12.5 Å². The quantitative estimate of drug-likeness (QED) is 0.383. The summed E-state index contributed by atoms with van der Waals surface area (Å²) in [4.78, 5) is 36.0. The number of fused-ring (bicyclic) bond motifs is 1. The van der Waals surface area contributed by atoms with Crippen molar-refractivity contribution in [3.05, 3.63) is 51.7 Å². The van der Waals surface area contributed by atoms with Crippen LogP contribution in [0.4, 0.5) is 11.4 Å². The van der Waals surface area contributed by atoms with Crippen molar-refractivity contribution in [3.63, 3.8) is 0 Å². The van der Waals surface area contributed by atoms with Gasteiger partial charge in [0.25, 0.3) is 0 Å². The molecule has 0 spiro atoms. The van der Waals surface area contributed by atoms with Gasteiger partial charge in [0, 0.05) is 43.6 Å². The molecule has 174 valence electrons. The van der Waals surface area contributed by atoms with E-state index >= 15 is 0 Å². The van der Waals surface area contributed by atoms with Crippen LogP contribution in [0, 0.1) is 0 Å². The number of nitrogens with one attached hydrogen (secondary N) is 2. The number of rotatable bonds is 6. The van der Waals surface area contributed by atoms with E-state index < -0.39 is 18.6 Å². The molecule has 11 heteroatoms. The fourth-order valence-corrected chi connectivity index (χ4v) is 4.68. The summed E-state index contributed by atoms with van der Waals surface area (Å²) in [5.41, 5.74) is 9.20. The van der Waals surface area contributed by atoms with Crippen LogP contribution in [0.1, 0.15) is 5.56 Å². The number of carbonyl (C=O) groups is 2. The van der Waals surface area contributed by atoms with Crippen LogP contribution < -0.4 is 16.0 Å². The SMILES string of the molecule is NC(Cc1ccc(Cl)cc1)C(=O)N1CCN(c2c(Br)cnc3[nH]cc(NC(=O)CO)c23)CC1. The van der Waals surface area contributed by atoms with Crippen molar-refractivity contribution in [2.24, 2.45) is 5.73 Å². The minimum absolute atomic E-state index is 0.0823. The first-order valence-corrected chi connectivity index (χ1v) is 11.6. The molecule has 4 rings (SSSR count). The molecule has 1 aromatic carbocycles. The predicted octanol–water partition coefficient (Wildman–Crippen LogP) is 2.13. The van der Waals surface area contributed by atoms with Gasteiger partial charge < -0.3 is 30.9 Å². The Morgan fingerprint density at radius 3 is 2.61 bits per heavy atom. The van der Waals surface area contributed by atoms with Gasteiger partial charge >= 0.3 is 0 Å². The van der Waals surface area contributed by atoms with Gasteiger partial charge in [-0.3, -0.25) is 9.59 Å². The predicted molar refractivity (Wildman–Crippen MR) is 131 cm³/mol. The Balaban J connectivity index is 1.46. The second-order valence-corrected chi connectivity index (χ2v) is 9.13. The number of amides is 2. The van der Waals surface area contributed by atoms with Gasteiger partial charge in [-0.25, -0.2) is 4.98 Å². The van der Waals surface area contributed by atoms with Crippen LogP contribution in [-0.4, -0.2) is 70.6 Å². The van der Waals surface area contributed by atoms with E-state index in [2.05, 4.69) is 36.1 Å². The van der Waals surface area contributed by atoms with E-state index in [-0.39, 0.29) is 5.91 Å². The van der Waals surface area contributed by atoms with E-state index in [0.717, 1.165) is 21.1 Å². The number of aromatic nitrogens is 2. The number of carbonyl (C=O) groups excluding carboxylic acids is 2. The Labute approximate surface area is 204 Å². The maximum absolute atomic E-state index is 12.9. The first-order chi connectivity index (χ1) is 15.9. The minimum atomic E-state index is -0.623. The normalized spacial score (nSPS) is 15.0. The van der Waals surface area contributed by atoms with E-state index in [1.165, 1.54) is 0 Å². The van der Waals surface area contributed by atoms with Crippen LogP contribution in [0.25, 0.3) is 11.0 Å². The van der Waals surface area contributed by atoms with Gasteiger partial charge in [-0.1, -0.05) is 23.7 Å². The van der Waals surface area contributed by atoms with Crippen molar-refractivity contribution in [1.29, 1.82) is 0 Å². The van der Waals surface area contributed by atoms with Crippen LogP contribution in [0.3, 0.4) is 0 Å². The molecule has 0 radical (unpaired) electrons. The summed E-state index contributed by atoms with van der Waals surface area (Å²) in [5.74, 6) is -0.590. The van der Waals surface area contributed by atoms with Crippen LogP contribution >= 0.6 is 27.5 Å². The highest BCUT2D eigenvalue weighted by Gasteiger charge is 2.28. The summed E-state index contributed by atoms with van der Waals surface area (Å²) in [5, 5.41) is 13.2. The Bertz CT molecular complexity index is 1160. The largest absolute Gasteiger partial charge is 0.387 e. The number of hydrogen-bond donors (Lipinski definition) is 4. The molecular formula is C22H24BrClN6O3. The third-order valence-electron chi connectivity index (χ3n) is 5.64. The molecule has 0 bridgehead atoms. The summed E-state index contributed by atoms with van der Waals surface area (Å²) in [6.45, 7) is 1.62. The number of nitrogens with zero attached hydrogens (tertiary/aromatic N) is 3. The second-order valence-electron chi connectivity index (χ2n) is 7.84. The van der Waals surface area contributed by atoms with Crippen LogP contribution in [0.2, 0.25) is 5.02 Å². The number of aromatic amines is 1. The van der Waals surface area contributed by atoms with E-state index in [9.17, 15) is 9.59 Å². The van der Waals surface area contributed by atoms with Gasteiger partial charge in [-0.15, -0.1) is 0 Å². The first kappa shape index (κ1) is 23.5. The van der Waals surface area contributed by atoms with E-state index in [1.54, 1.807) is 29.4 Å². The highest BCUT2D eigenvalue weighted by atomic mass is 79.9. The lowest BCUT2D eigenvalue weighted by Crippen LogP contribution is -2.53. The molecule has 1 aliphatic heterocycles. The van der Waals surface area contributed by atoms with Crippen molar-refractivity contribution >= 4 is 61.8 Å². The van der Waals surface area contributed by atoms with Gasteiger partial charge in [-0.2, -0.15) is 0 Å². The fourth-order valence-electron chi connectivity index (χ4n) is 4.00. The third-order valence-corrected chi connectivity index (χ3v) is 6.47. The molecule has 2 aromatic heterocycles. The smallest absolute Gasteiger partial charge is 0.250 e. The topological polar surface area (TPSA) is 128 Å². The Kier molecular flexibility index (Phi) is 7.18. The Morgan fingerprint density at radius 1 is 1.24 bits per heavy atom. The van der Waals surface area contributed by atoms with Crippen molar-refractivity contribution < 1.29 is 14.7 Å². The van der Waals surface area contributed by atoms with Crippen LogP contribution in [0.15, 0.2) is 41.1 Å². The van der Waals surface area contributed by atoms with Crippen molar-refractivity contribution in [3.8, 4) is 0 Å². The van der Waals surface area contributed by atoms with Crippen molar-refractivity contribution in [2.75, 3.05) is 43.0 Å². The number of anilines is 2. The fraction of sp³-hybridized carbons (Fsp3) is 0.318. The Hall–Kier alpha value is -2.66. The summed E-state index contributed by atoms with van der Waals surface area (Å²) in [6, 6.07) is 6.71. The number of H-pyrrole nitrogens is 1. The molecule has 5 N–H and O–H groups in total. The number of halogens is 2. The number of aliphatic hydroxyl groups excluding tert-OH is 1. The number of pyridine rings is 1. The summed E-state index contributed by atoms with van der Waals surface area (Å²) >= 11 is 9.50. The highest BCUT2D eigenvalue weighted by Crippen LogP contribution is 2.38. The van der Waals surface area contributed by atoms with Gasteiger partial charge in [0.1, 0.15) is 12.3 Å². The lowest BCUT2D eigenvalue weighted by atomic mass is 10.1. The minimum Gasteiger partial charge on any atom is -0.387 e. The van der Waals surface area contributed by atoms with Crippen LogP contribution in [0.5, 0.6) is 0 Å². The zero-order valence-corrected chi connectivity index (χ0v) is 20.1. The maximum atomic E-state index is 12.9. The lowest BCUT2D eigenvalue weighted by molar-refractivity contribution is -0.132. The molecule has 9 nitrogen and oxygen atoms in total. The maximum Gasteiger partial charge on any atom is 0.250 e. The molecule has 2 amide bonds. The lowest BCUT2D eigenvalue weighted by Gasteiger charge is -2.37. The monoisotopic (exact) mass is 534 g/mol. The third kappa shape index (κ3) is 5.14. The number of hydrogen-bond acceptors (Lipinski definition) is 6. The molecule has 3 aromatic rings. The molecule has 1 unspecified atom stereocenters. The molecular weight excluding hydrogens is 512 g/mol. The highest BCUT2D eigenvalue weighted by molar-refractivity contribution is 9.10. The first-order valence-electron chi connectivity index (χ1n) is 10.5. The number of benzene rings is 1. The second kappa shape index (κ2) is 10.1. The van der Waals surface area contributed by atoms with Gasteiger partial charge in [0.05, 0.1) is 27.3 Å². The molecule has 0 aliphatic carbocycles. The summed E-state index contributed by atoms with van der Waals surface area (Å²) in [6.07, 6.45) is 3.80.